The Morgan fingerprint density at radius 2 is 1.51 bits per heavy atom. The van der Waals surface area contributed by atoms with E-state index in [2.05, 4.69) is 4.98 Å². The molecule has 35 heavy (non-hydrogen) atoms. The molecule has 0 amide bonds. The summed E-state index contributed by atoms with van der Waals surface area (Å²) in [4.78, 5) is 31.0. The molecule has 0 atom stereocenters. The van der Waals surface area contributed by atoms with Gasteiger partial charge in [0.2, 0.25) is 0 Å². The summed E-state index contributed by atoms with van der Waals surface area (Å²) in [5.74, 6) is -0.943. The minimum Gasteiger partial charge on any atom is -0.506 e. The number of aromatic nitrogens is 1. The van der Waals surface area contributed by atoms with Crippen LogP contribution in [-0.2, 0) is 4.79 Å². The quantitative estimate of drug-likeness (QED) is 0.169. The number of carbonyl (C=O) groups excluding carboxylic acids is 1. The van der Waals surface area contributed by atoms with E-state index >= 15 is 0 Å². The molecule has 4 aromatic rings. The van der Waals surface area contributed by atoms with Gasteiger partial charge in [0.1, 0.15) is 22.6 Å². The molecule has 0 saturated heterocycles. The Balaban J connectivity index is 1.95. The molecule has 4 rings (SSSR count). The van der Waals surface area contributed by atoms with Crippen LogP contribution in [0.1, 0.15) is 44.6 Å². The second kappa shape index (κ2) is 9.22. The largest absolute Gasteiger partial charge is 0.506 e. The molecule has 178 valence electrons. The average molecular weight is 470 g/mol. The van der Waals surface area contributed by atoms with Crippen molar-refractivity contribution in [2.75, 3.05) is 0 Å². The zero-order chi connectivity index (χ0) is 25.4. The molecule has 0 aliphatic heterocycles. The highest BCUT2D eigenvalue weighted by Crippen LogP contribution is 2.30. The number of aliphatic hydroxyl groups is 1. The lowest BCUT2D eigenvalue weighted by Crippen LogP contribution is -2.20. The molecular formula is C29H27NO5. The van der Waals surface area contributed by atoms with Gasteiger partial charge < -0.3 is 14.3 Å². The van der Waals surface area contributed by atoms with Crippen molar-refractivity contribution in [3.8, 4) is 5.75 Å². The van der Waals surface area contributed by atoms with Crippen LogP contribution in [-0.4, -0.2) is 16.1 Å². The Kier molecular flexibility index (Phi) is 6.31. The van der Waals surface area contributed by atoms with Gasteiger partial charge in [-0.15, -0.1) is 0 Å². The van der Waals surface area contributed by atoms with Gasteiger partial charge in [-0.3, -0.25) is 0 Å². The van der Waals surface area contributed by atoms with Gasteiger partial charge in [-0.1, -0.05) is 35.9 Å². The van der Waals surface area contributed by atoms with Gasteiger partial charge in [0, 0.05) is 5.56 Å². The third-order valence-corrected chi connectivity index (χ3v) is 6.00. The van der Waals surface area contributed by atoms with Crippen molar-refractivity contribution in [2.24, 2.45) is 0 Å². The van der Waals surface area contributed by atoms with Gasteiger partial charge >= 0.3 is 11.6 Å². The second-order valence-corrected chi connectivity index (χ2v) is 8.96. The van der Waals surface area contributed by atoms with Crippen LogP contribution in [0.15, 0.2) is 57.7 Å². The lowest BCUT2D eigenvalue weighted by Gasteiger charge is -2.15. The maximum Gasteiger partial charge on any atom is 0.363 e. The fourth-order valence-electron chi connectivity index (χ4n) is 4.08. The molecule has 0 aliphatic carbocycles. The third-order valence-electron chi connectivity index (χ3n) is 6.00. The molecular weight excluding hydrogens is 442 g/mol. The number of carbonyl (C=O) groups is 1. The third kappa shape index (κ3) is 4.73. The lowest BCUT2D eigenvalue weighted by atomic mass is 10.0. The highest BCUT2D eigenvalue weighted by Gasteiger charge is 2.28. The molecule has 0 saturated carbocycles. The van der Waals surface area contributed by atoms with Crippen molar-refractivity contribution in [3.05, 3.63) is 104 Å². The van der Waals surface area contributed by atoms with E-state index < -0.39 is 17.4 Å². The summed E-state index contributed by atoms with van der Waals surface area (Å²) in [6.45, 7) is 11.3. The monoisotopic (exact) mass is 469 g/mol. The fraction of sp³-hybridized carbons (Fsp3) is 0.207. The summed E-state index contributed by atoms with van der Waals surface area (Å²) in [6.07, 6.45) is 0. The summed E-state index contributed by atoms with van der Waals surface area (Å²) in [7, 11) is 0. The zero-order valence-corrected chi connectivity index (χ0v) is 20.6. The first-order valence-electron chi connectivity index (χ1n) is 11.3. The Labute approximate surface area is 203 Å². The van der Waals surface area contributed by atoms with Gasteiger partial charge in [-0.05, 0) is 87.6 Å². The van der Waals surface area contributed by atoms with Crippen LogP contribution in [0.25, 0.3) is 22.4 Å². The molecule has 6 heteroatoms. The average Bonchev–Trinajstić information content (AvgIpc) is 2.78. The van der Waals surface area contributed by atoms with E-state index in [1.54, 1.807) is 30.3 Å². The molecule has 1 N–H and O–H groups in total. The van der Waals surface area contributed by atoms with Crippen molar-refractivity contribution in [3.63, 3.8) is 0 Å². The molecule has 0 spiro atoms. The number of rotatable bonds is 4. The van der Waals surface area contributed by atoms with Gasteiger partial charge in [-0.25, -0.2) is 14.6 Å². The van der Waals surface area contributed by atoms with E-state index in [1.165, 1.54) is 0 Å². The van der Waals surface area contributed by atoms with Crippen LogP contribution in [0.3, 0.4) is 0 Å². The van der Waals surface area contributed by atoms with Crippen LogP contribution in [0, 0.1) is 41.5 Å². The van der Waals surface area contributed by atoms with Gasteiger partial charge in [0.25, 0.3) is 0 Å². The molecule has 3 aromatic carbocycles. The van der Waals surface area contributed by atoms with E-state index in [-0.39, 0.29) is 16.9 Å². The fourth-order valence-corrected chi connectivity index (χ4v) is 4.08. The summed E-state index contributed by atoms with van der Waals surface area (Å²) in [6, 6.07) is 14.2. The summed E-state index contributed by atoms with van der Waals surface area (Å²) in [5, 5.41) is 11.3. The van der Waals surface area contributed by atoms with Crippen molar-refractivity contribution >= 4 is 28.4 Å². The Hall–Kier alpha value is -4.19. The van der Waals surface area contributed by atoms with Crippen LogP contribution in [0.4, 0.5) is 0 Å². The topological polar surface area (TPSA) is 89.6 Å². The number of aryl methyl sites for hydroxylation is 6. The van der Waals surface area contributed by atoms with Crippen molar-refractivity contribution in [2.45, 2.75) is 41.5 Å². The van der Waals surface area contributed by atoms with E-state index in [0.29, 0.717) is 16.8 Å². The zero-order valence-electron chi connectivity index (χ0n) is 20.6. The van der Waals surface area contributed by atoms with Gasteiger partial charge in [0.15, 0.2) is 11.3 Å². The molecule has 0 bridgehead atoms. The summed E-state index contributed by atoms with van der Waals surface area (Å²) in [5.41, 5.74) is 4.91. The van der Waals surface area contributed by atoms with Crippen molar-refractivity contribution in [1.29, 1.82) is 0 Å². The smallest absolute Gasteiger partial charge is 0.363 e. The predicted molar refractivity (Wildman–Crippen MR) is 137 cm³/mol. The minimum atomic E-state index is -0.900. The summed E-state index contributed by atoms with van der Waals surface area (Å²) < 4.78 is 11.2. The van der Waals surface area contributed by atoms with E-state index in [4.69, 9.17) is 9.15 Å². The van der Waals surface area contributed by atoms with Crippen LogP contribution in [0.2, 0.25) is 0 Å². The normalized spacial score (nSPS) is 11.9. The number of nitrogens with zero attached hydrogens (tertiary/aromatic N) is 1. The second-order valence-electron chi connectivity index (χ2n) is 8.96. The molecule has 0 radical (unpaired) electrons. The molecule has 1 aromatic heterocycles. The maximum absolute atomic E-state index is 13.6. The Morgan fingerprint density at radius 1 is 0.829 bits per heavy atom. The molecule has 0 fully saturated rings. The Morgan fingerprint density at radius 3 is 2.17 bits per heavy atom. The standard InChI is InChI=1S/C29H27NO5/c1-15-7-10-23-22(13-15)30-25(29(33)34-23)24(26(31)21-9-8-17(3)18(4)14-21)28(32)35-27-19(5)11-16(2)12-20(27)6/h7-14,31H,1-6H3/b26-24+. The predicted octanol–water partition coefficient (Wildman–Crippen LogP) is 6.07. The van der Waals surface area contributed by atoms with Gasteiger partial charge in [-0.2, -0.15) is 0 Å². The SMILES string of the molecule is Cc1cc(C)c(OC(=O)/C(=C(/O)c2ccc(C)c(C)c2)c2nc3cc(C)ccc3oc2=O)c(C)c1. The van der Waals surface area contributed by atoms with Crippen molar-refractivity contribution in [1.82, 2.24) is 4.98 Å². The van der Waals surface area contributed by atoms with Crippen LogP contribution < -0.4 is 10.4 Å². The highest BCUT2D eigenvalue weighted by atomic mass is 16.5. The first-order valence-corrected chi connectivity index (χ1v) is 11.3. The molecule has 6 nitrogen and oxygen atoms in total. The first-order chi connectivity index (χ1) is 16.5. The van der Waals surface area contributed by atoms with E-state index in [1.807, 2.05) is 59.7 Å². The number of aliphatic hydroxyl groups excluding tert-OH is 1. The van der Waals surface area contributed by atoms with Gasteiger partial charge in [0.05, 0.1) is 0 Å². The minimum absolute atomic E-state index is 0.285. The van der Waals surface area contributed by atoms with Crippen LogP contribution >= 0.6 is 0 Å². The number of esters is 1. The summed E-state index contributed by atoms with van der Waals surface area (Å²) >= 11 is 0. The maximum atomic E-state index is 13.6. The number of ether oxygens (including phenoxy) is 1. The molecule has 0 aliphatic rings. The Bertz CT molecular complexity index is 1550. The first kappa shape index (κ1) is 24.0. The van der Waals surface area contributed by atoms with E-state index in [0.717, 1.165) is 33.4 Å². The number of hydrogen-bond acceptors (Lipinski definition) is 6. The highest BCUT2D eigenvalue weighted by molar-refractivity contribution is 6.23. The number of fused-ring (bicyclic) bond motifs is 1. The van der Waals surface area contributed by atoms with Crippen LogP contribution in [0.5, 0.6) is 5.75 Å². The number of hydrogen-bond donors (Lipinski definition) is 1. The van der Waals surface area contributed by atoms with E-state index in [9.17, 15) is 14.7 Å². The van der Waals surface area contributed by atoms with Crippen molar-refractivity contribution < 1.29 is 19.1 Å². The number of benzene rings is 3. The molecule has 0 unspecified atom stereocenters. The lowest BCUT2D eigenvalue weighted by molar-refractivity contribution is -0.128. The molecule has 1 heterocycles.